The fraction of sp³-hybridized carbons (Fsp3) is 0.647. The fourth-order valence-electron chi connectivity index (χ4n) is 4.33. The van der Waals surface area contributed by atoms with E-state index in [0.717, 1.165) is 55.7 Å². The summed E-state index contributed by atoms with van der Waals surface area (Å²) in [6.07, 6.45) is 5.45. The van der Waals surface area contributed by atoms with Gasteiger partial charge in [-0.25, -0.2) is 19.1 Å². The Morgan fingerprint density at radius 2 is 2.22 bits per heavy atom. The van der Waals surface area contributed by atoms with Crippen LogP contribution in [0, 0.1) is 12.3 Å². The van der Waals surface area contributed by atoms with Gasteiger partial charge in [0.15, 0.2) is 5.82 Å². The van der Waals surface area contributed by atoms with Crippen LogP contribution in [0.4, 0.5) is 5.82 Å². The molecule has 1 spiro atoms. The maximum Gasteiger partial charge on any atom is 0.248 e. The molecular formula is C17H25ClN6O2S. The Balaban J connectivity index is 1.37. The number of aryl methyl sites for hydroxylation is 1. The summed E-state index contributed by atoms with van der Waals surface area (Å²) in [5.74, 6) is 0.928. The number of fused-ring (bicyclic) bond motifs is 1. The highest BCUT2D eigenvalue weighted by Crippen LogP contribution is 2.50. The minimum Gasteiger partial charge on any atom is -0.354 e. The first-order chi connectivity index (χ1) is 12.9. The number of hydrogen-bond donors (Lipinski definition) is 2. The quantitative estimate of drug-likeness (QED) is 0.536. The van der Waals surface area contributed by atoms with Crippen LogP contribution in [0.3, 0.4) is 0 Å². The van der Waals surface area contributed by atoms with Crippen molar-refractivity contribution in [1.82, 2.24) is 24.4 Å². The summed E-state index contributed by atoms with van der Waals surface area (Å²) in [5.41, 5.74) is 5.54. The average molecular weight is 413 g/mol. The lowest BCUT2D eigenvalue weighted by Crippen LogP contribution is -2.68. The molecule has 2 fully saturated rings. The maximum atomic E-state index is 11.5. The van der Waals surface area contributed by atoms with Crippen molar-refractivity contribution in [3.8, 4) is 0 Å². The number of rotatable bonds is 7. The Kier molecular flexibility index (Phi) is 5.15. The van der Waals surface area contributed by atoms with Gasteiger partial charge in [0, 0.05) is 31.1 Å². The SMILES string of the molecule is CCCCN(NC1CC2(C1)CN(c1ncnn3c(Cl)cc(C)c13)C2)S(=O)O. The molecule has 10 heteroatoms. The number of halogens is 1. The number of hydrogen-bond acceptors (Lipinski definition) is 5. The first-order valence-corrected chi connectivity index (χ1v) is 10.7. The fourth-order valence-corrected chi connectivity index (χ4v) is 5.15. The van der Waals surface area contributed by atoms with Crippen molar-refractivity contribution in [3.05, 3.63) is 23.1 Å². The van der Waals surface area contributed by atoms with E-state index in [2.05, 4.69) is 27.3 Å². The van der Waals surface area contributed by atoms with Crippen LogP contribution in [0.5, 0.6) is 0 Å². The Labute approximate surface area is 166 Å². The van der Waals surface area contributed by atoms with Crippen LogP contribution < -0.4 is 10.3 Å². The molecule has 27 heavy (non-hydrogen) atoms. The second kappa shape index (κ2) is 7.29. The third-order valence-corrected chi connectivity index (χ3v) is 6.56. The highest BCUT2D eigenvalue weighted by Gasteiger charge is 2.53. The molecule has 0 aromatic carbocycles. The van der Waals surface area contributed by atoms with Gasteiger partial charge in [-0.15, -0.1) is 4.41 Å². The first kappa shape index (κ1) is 19.1. The standard InChI is InChI=1S/C17H25ClN6O2S/c1-3-4-5-23(27(25)26)21-13-7-17(8-13)9-22(10-17)16-15-12(2)6-14(18)24(15)20-11-19-16/h6,11,13,21H,3-5,7-10H2,1-2H3,(H,25,26). The van der Waals surface area contributed by atoms with Gasteiger partial charge in [0.2, 0.25) is 11.3 Å². The van der Waals surface area contributed by atoms with E-state index in [4.69, 9.17) is 11.6 Å². The van der Waals surface area contributed by atoms with Gasteiger partial charge in [-0.2, -0.15) is 5.10 Å². The molecule has 3 heterocycles. The van der Waals surface area contributed by atoms with Gasteiger partial charge < -0.3 is 4.90 Å². The monoisotopic (exact) mass is 412 g/mol. The molecule has 1 unspecified atom stereocenters. The van der Waals surface area contributed by atoms with E-state index >= 15 is 0 Å². The average Bonchev–Trinajstić information content (AvgIpc) is 2.86. The number of unbranched alkanes of at least 4 members (excludes halogenated alkanes) is 1. The molecule has 2 N–H and O–H groups in total. The molecule has 1 saturated heterocycles. The molecule has 2 aromatic heterocycles. The Morgan fingerprint density at radius 3 is 2.89 bits per heavy atom. The summed E-state index contributed by atoms with van der Waals surface area (Å²) in [5, 5.41) is 4.83. The van der Waals surface area contributed by atoms with E-state index in [0.29, 0.717) is 11.7 Å². The summed E-state index contributed by atoms with van der Waals surface area (Å²) in [6, 6.07) is 2.17. The third-order valence-electron chi connectivity index (χ3n) is 5.62. The van der Waals surface area contributed by atoms with Gasteiger partial charge in [-0.3, -0.25) is 4.55 Å². The lowest BCUT2D eigenvalue weighted by molar-refractivity contribution is 0.0236. The van der Waals surface area contributed by atoms with Gasteiger partial charge in [0.05, 0.1) is 0 Å². The second-order valence-electron chi connectivity index (χ2n) is 7.77. The van der Waals surface area contributed by atoms with Crippen molar-refractivity contribution in [2.45, 2.75) is 45.6 Å². The number of anilines is 1. The summed E-state index contributed by atoms with van der Waals surface area (Å²) in [6.45, 7) is 6.56. The lowest BCUT2D eigenvalue weighted by Gasteiger charge is -2.59. The smallest absolute Gasteiger partial charge is 0.248 e. The molecule has 1 aliphatic carbocycles. The van der Waals surface area contributed by atoms with E-state index in [9.17, 15) is 8.76 Å². The van der Waals surface area contributed by atoms with Crippen LogP contribution in [0.25, 0.3) is 5.52 Å². The van der Waals surface area contributed by atoms with Crippen molar-refractivity contribution >= 4 is 34.2 Å². The molecule has 0 radical (unpaired) electrons. The predicted molar refractivity (Wildman–Crippen MR) is 106 cm³/mol. The van der Waals surface area contributed by atoms with Crippen LogP contribution in [0.15, 0.2) is 12.4 Å². The molecule has 0 amide bonds. The second-order valence-corrected chi connectivity index (χ2v) is 9.06. The largest absolute Gasteiger partial charge is 0.354 e. The third kappa shape index (κ3) is 3.47. The molecule has 8 nitrogen and oxygen atoms in total. The Morgan fingerprint density at radius 1 is 1.48 bits per heavy atom. The first-order valence-electron chi connectivity index (χ1n) is 9.31. The van der Waals surface area contributed by atoms with Crippen molar-refractivity contribution in [3.63, 3.8) is 0 Å². The van der Waals surface area contributed by atoms with Crippen molar-refractivity contribution in [2.24, 2.45) is 5.41 Å². The van der Waals surface area contributed by atoms with Crippen LogP contribution >= 0.6 is 11.6 Å². The predicted octanol–water partition coefficient (Wildman–Crippen LogP) is 2.40. The Hall–Kier alpha value is -1.26. The van der Waals surface area contributed by atoms with E-state index in [1.165, 1.54) is 4.41 Å². The van der Waals surface area contributed by atoms with Crippen LogP contribution in [-0.2, 0) is 11.3 Å². The number of aromatic nitrogens is 3. The topological polar surface area (TPSA) is 86.0 Å². The van der Waals surface area contributed by atoms with Gasteiger partial charge >= 0.3 is 0 Å². The summed E-state index contributed by atoms with van der Waals surface area (Å²) in [4.78, 5) is 6.76. The molecule has 0 bridgehead atoms. The molecule has 148 valence electrons. The zero-order valence-corrected chi connectivity index (χ0v) is 17.1. The van der Waals surface area contributed by atoms with Gasteiger partial charge in [0.25, 0.3) is 0 Å². The van der Waals surface area contributed by atoms with Crippen LogP contribution in [0.1, 0.15) is 38.2 Å². The summed E-state index contributed by atoms with van der Waals surface area (Å²) in [7, 11) is 0. The molecule has 1 saturated carbocycles. The van der Waals surface area contributed by atoms with Crippen molar-refractivity contribution in [1.29, 1.82) is 0 Å². The van der Waals surface area contributed by atoms with E-state index < -0.39 is 11.3 Å². The number of nitrogens with one attached hydrogen (secondary N) is 1. The highest BCUT2D eigenvalue weighted by molar-refractivity contribution is 7.76. The minimum absolute atomic E-state index is 0.259. The molecule has 1 atom stereocenters. The molecule has 2 aromatic rings. The Bertz CT molecular complexity index is 860. The summed E-state index contributed by atoms with van der Waals surface area (Å²) < 4.78 is 24.1. The van der Waals surface area contributed by atoms with E-state index in [-0.39, 0.29) is 11.5 Å². The van der Waals surface area contributed by atoms with Gasteiger partial charge in [0.1, 0.15) is 17.0 Å². The van der Waals surface area contributed by atoms with E-state index in [1.807, 2.05) is 13.0 Å². The molecule has 1 aliphatic heterocycles. The summed E-state index contributed by atoms with van der Waals surface area (Å²) >= 11 is 4.26. The lowest BCUT2D eigenvalue weighted by atomic mass is 9.61. The van der Waals surface area contributed by atoms with Gasteiger partial charge in [-0.1, -0.05) is 24.9 Å². The number of hydrazine groups is 1. The van der Waals surface area contributed by atoms with Crippen LogP contribution in [-0.4, -0.2) is 53.5 Å². The van der Waals surface area contributed by atoms with Crippen LogP contribution in [0.2, 0.25) is 5.15 Å². The van der Waals surface area contributed by atoms with Crippen molar-refractivity contribution in [2.75, 3.05) is 24.5 Å². The van der Waals surface area contributed by atoms with Crippen molar-refractivity contribution < 1.29 is 8.76 Å². The molecule has 2 aliphatic rings. The van der Waals surface area contributed by atoms with E-state index in [1.54, 1.807) is 10.8 Å². The minimum atomic E-state index is -1.98. The van der Waals surface area contributed by atoms with Gasteiger partial charge in [-0.05, 0) is 37.8 Å². The molecular weight excluding hydrogens is 388 g/mol. The zero-order chi connectivity index (χ0) is 19.2. The molecule has 4 rings (SSSR count). The zero-order valence-electron chi connectivity index (χ0n) is 15.6. The number of nitrogens with zero attached hydrogens (tertiary/aromatic N) is 5. The highest BCUT2D eigenvalue weighted by atomic mass is 35.5. The maximum absolute atomic E-state index is 11.5. The normalized spacial score (nSPS) is 20.3.